The topological polar surface area (TPSA) is 280 Å². The molecule has 0 bridgehead atoms. The Bertz CT molecular complexity index is 2760. The molecular weight excluding hydrogens is 1120 g/mol. The number of ether oxygens (including phenoxy) is 6. The minimum atomic E-state index is -3.79. The number of aromatic amines is 2. The van der Waals surface area contributed by atoms with Gasteiger partial charge in [-0.05, 0) is 54.4 Å². The van der Waals surface area contributed by atoms with Crippen LogP contribution in [0.2, 0.25) is 0 Å². The highest BCUT2D eigenvalue weighted by atomic mass is 31.2. The van der Waals surface area contributed by atoms with E-state index >= 15 is 0 Å². The molecule has 2 aromatic heterocycles. The van der Waals surface area contributed by atoms with Gasteiger partial charge in [-0.25, -0.2) is 47.1 Å². The Morgan fingerprint density at radius 2 is 0.975 bits per heavy atom. The van der Waals surface area contributed by atoms with Gasteiger partial charge in [-0.15, -0.1) is 0 Å². The molecule has 0 aromatic carbocycles. The first-order valence-corrected chi connectivity index (χ1v) is 30.7. The average Bonchev–Trinajstić information content (AvgIpc) is 3.98. The van der Waals surface area contributed by atoms with Gasteiger partial charge >= 0.3 is 26.6 Å². The van der Waals surface area contributed by atoms with Crippen LogP contribution in [0, 0.1) is 52.6 Å². The molecule has 28 nitrogen and oxygen atoms in total. The molecule has 0 aliphatic carbocycles. The fraction of sp³-hybridized carbons (Fsp3) is 0.740. The molecule has 2 aliphatic heterocycles. The molecule has 0 amide bonds. The van der Waals surface area contributed by atoms with E-state index in [0.29, 0.717) is 12.2 Å². The Kier molecular flexibility index (Phi) is 31.9. The smallest absolute Gasteiger partial charge is 0.331 e. The van der Waals surface area contributed by atoms with Gasteiger partial charge in [-0.2, -0.15) is 0 Å². The molecule has 9 atom stereocenters. The summed E-state index contributed by atoms with van der Waals surface area (Å²) in [6, 6.07) is -0.0373. The summed E-state index contributed by atoms with van der Waals surface area (Å²) in [6.07, 6.45) is -2.60. The number of methoxy groups -OCH3 is 2. The quantitative estimate of drug-likeness (QED) is 0.0466. The summed E-state index contributed by atoms with van der Waals surface area (Å²) in [6.45, 7) is 48.9. The summed E-state index contributed by atoms with van der Waals surface area (Å²) in [4.78, 5) is 70.4. The van der Waals surface area contributed by atoms with E-state index in [9.17, 15) is 28.3 Å². The molecule has 2 aromatic rings. The van der Waals surface area contributed by atoms with Crippen molar-refractivity contribution < 1.29 is 64.7 Å². The number of aryl methyl sites for hydroxylation is 2. The number of nitrogens with zero attached hydrogens (tertiary/aromatic N) is 8. The predicted molar refractivity (Wildman–Crippen MR) is 298 cm³/mol. The van der Waals surface area contributed by atoms with Crippen molar-refractivity contribution in [2.24, 2.45) is 5.92 Å². The Morgan fingerprint density at radius 3 is 1.38 bits per heavy atom. The van der Waals surface area contributed by atoms with Gasteiger partial charge in [-0.1, -0.05) is 6.92 Å². The number of nitrogens with one attached hydrogen (secondary N) is 2. The lowest BCUT2D eigenvalue weighted by Gasteiger charge is -2.38. The SMILES string of the molecule is [C-]#[N+]CCOP(=O)(CC[C@H]1O[C@@H](n2cc(C)c(=O)[nH]c2=O)[C@H](OCCOC)[C@@H]1C)OCC[N+]#[C-].[C-]#[N+]CCOP(O[C@H]1[C@@H](OCCOC)[C@H](n2cc(C)c(=O)[nH]c2=O)O[C@@H]1CCP(=O)(OCC[N+]#[C-])OCC[N+]#[C-])N(C(C)C)C(C)C. The van der Waals surface area contributed by atoms with Crippen LogP contribution >= 0.6 is 23.7 Å². The highest BCUT2D eigenvalue weighted by Gasteiger charge is 2.51. The van der Waals surface area contributed by atoms with E-state index in [1.54, 1.807) is 21.0 Å². The molecule has 2 N–H and O–H groups in total. The molecule has 4 rings (SSSR count). The lowest BCUT2D eigenvalue weighted by molar-refractivity contribution is -0.0786. The van der Waals surface area contributed by atoms with E-state index in [0.717, 1.165) is 0 Å². The van der Waals surface area contributed by atoms with Crippen LogP contribution in [0.3, 0.4) is 0 Å². The maximum atomic E-state index is 13.7. The highest BCUT2D eigenvalue weighted by molar-refractivity contribution is 7.54. The zero-order valence-corrected chi connectivity index (χ0v) is 50.1. The molecular formula is C50H77N10O18P3. The third-order valence-electron chi connectivity index (χ3n) is 12.2. The van der Waals surface area contributed by atoms with Crippen molar-refractivity contribution in [2.75, 3.05) is 119 Å². The summed E-state index contributed by atoms with van der Waals surface area (Å²) < 4.78 is 101. The van der Waals surface area contributed by atoms with Crippen LogP contribution in [-0.2, 0) is 64.7 Å². The summed E-state index contributed by atoms with van der Waals surface area (Å²) >= 11 is 0. The Hall–Kier alpha value is -4.82. The second-order valence-corrected chi connectivity index (χ2v) is 24.6. The minimum absolute atomic E-state index is 0.00900. The van der Waals surface area contributed by atoms with Crippen LogP contribution in [-0.4, -0.2) is 185 Å². The van der Waals surface area contributed by atoms with Crippen molar-refractivity contribution in [1.29, 1.82) is 0 Å². The largest absolute Gasteiger partial charge is 0.382 e. The van der Waals surface area contributed by atoms with Crippen molar-refractivity contribution in [3.8, 4) is 0 Å². The number of rotatable bonds is 36. The molecule has 31 heteroatoms. The first kappa shape index (κ1) is 70.4. The second-order valence-electron chi connectivity index (χ2n) is 18.8. The lowest BCUT2D eigenvalue weighted by Crippen LogP contribution is -2.42. The summed E-state index contributed by atoms with van der Waals surface area (Å²) in [5.41, 5.74) is -1.74. The zero-order valence-electron chi connectivity index (χ0n) is 47.4. The van der Waals surface area contributed by atoms with E-state index in [1.807, 2.05) is 39.3 Å². The van der Waals surface area contributed by atoms with Crippen LogP contribution < -0.4 is 22.5 Å². The van der Waals surface area contributed by atoms with Gasteiger partial charge in [0.2, 0.25) is 32.7 Å². The van der Waals surface area contributed by atoms with Crippen molar-refractivity contribution >= 4 is 23.7 Å². The first-order chi connectivity index (χ1) is 38.7. The second kappa shape index (κ2) is 36.7. The zero-order chi connectivity index (χ0) is 60.1. The Labute approximate surface area is 474 Å². The van der Waals surface area contributed by atoms with Crippen LogP contribution in [0.1, 0.15) is 71.0 Å². The van der Waals surface area contributed by atoms with Gasteiger partial charge < -0.3 is 79.8 Å². The van der Waals surface area contributed by atoms with Gasteiger partial charge in [0.15, 0.2) is 12.5 Å². The third kappa shape index (κ3) is 22.4. The molecule has 450 valence electrons. The summed E-state index contributed by atoms with van der Waals surface area (Å²) in [5, 5.41) is 0. The fourth-order valence-electron chi connectivity index (χ4n) is 8.39. The van der Waals surface area contributed by atoms with Crippen molar-refractivity contribution in [2.45, 2.75) is 116 Å². The van der Waals surface area contributed by atoms with Crippen LogP contribution in [0.4, 0.5) is 0 Å². The van der Waals surface area contributed by atoms with E-state index in [1.165, 1.54) is 28.6 Å². The molecule has 2 fully saturated rings. The molecule has 0 spiro atoms. The highest BCUT2D eigenvalue weighted by Crippen LogP contribution is 2.54. The van der Waals surface area contributed by atoms with Gasteiger partial charge in [0.1, 0.15) is 51.3 Å². The van der Waals surface area contributed by atoms with Crippen molar-refractivity contribution in [3.63, 3.8) is 0 Å². The van der Waals surface area contributed by atoms with E-state index in [4.69, 9.17) is 88.4 Å². The number of hydrogen-bond acceptors (Lipinski definition) is 19. The van der Waals surface area contributed by atoms with Gasteiger partial charge in [-0.3, -0.25) is 37.8 Å². The molecule has 0 radical (unpaired) electrons. The predicted octanol–water partition coefficient (Wildman–Crippen LogP) is 5.76. The normalized spacial score (nSPS) is 21.2. The molecule has 1 unspecified atom stereocenters. The maximum Gasteiger partial charge on any atom is 0.331 e. The van der Waals surface area contributed by atoms with E-state index in [2.05, 4.69) is 34.2 Å². The molecule has 2 saturated heterocycles. The maximum absolute atomic E-state index is 13.7. The van der Waals surface area contributed by atoms with Crippen LogP contribution in [0.15, 0.2) is 31.6 Å². The first-order valence-electron chi connectivity index (χ1n) is 26.2. The molecule has 2 aliphatic rings. The number of H-pyrrole nitrogens is 2. The van der Waals surface area contributed by atoms with Gasteiger partial charge in [0.25, 0.3) is 19.6 Å². The van der Waals surface area contributed by atoms with E-state index in [-0.39, 0.29) is 134 Å². The molecule has 81 heavy (non-hydrogen) atoms. The van der Waals surface area contributed by atoms with Crippen LogP contribution in [0.25, 0.3) is 24.2 Å². The minimum Gasteiger partial charge on any atom is -0.382 e. The van der Waals surface area contributed by atoms with Gasteiger partial charge in [0.05, 0.1) is 51.0 Å². The number of aromatic nitrogens is 4. The Morgan fingerprint density at radius 1 is 0.593 bits per heavy atom. The summed E-state index contributed by atoms with van der Waals surface area (Å²) in [7, 11) is -6.10. The van der Waals surface area contributed by atoms with Crippen LogP contribution in [0.5, 0.6) is 0 Å². The lowest BCUT2D eigenvalue weighted by atomic mass is 9.98. The summed E-state index contributed by atoms with van der Waals surface area (Å²) in [5.74, 6) is -0.207. The fourth-order valence-corrected chi connectivity index (χ4v) is 13.4. The average molecular weight is 1200 g/mol. The standard InChI is InChI=1S/C29H46N6O10P2.C21H31N4O8P/c1-21(2)35(22(3)4)46(41-14-11-30-6)45-25-24(10-19-47(38,42-15-12-31-7)43-16-13-32-8)44-28(26(25)40-18-17-39-9)34-20-23(5)27(36)33-29(34)37;1-15-14-25(21(27)24-19(15)26)20-18(30-12-11-29-5)16(2)17(33-20)6-13-34(28,31-9-7-22-3)32-10-8-23-4/h20-22,24-26,28H,10-19H2,1-5,9H3,(H,33,36,37);14,16-18,20H,6-13H2,1-2,5H3,(H,24,26,27)/t24-,25-,26-,28-,46?;16-,17-,18-,20-/m11/s1. The molecule has 4 heterocycles. The van der Waals surface area contributed by atoms with Crippen molar-refractivity contribution in [1.82, 2.24) is 23.8 Å². The number of hydrogen-bond donors (Lipinski definition) is 2. The van der Waals surface area contributed by atoms with Crippen molar-refractivity contribution in [3.05, 3.63) is 122 Å². The Balaban J connectivity index is 0.000000447. The third-order valence-corrected chi connectivity index (χ3v) is 18.3. The van der Waals surface area contributed by atoms with E-state index < -0.39 is 89.2 Å². The monoisotopic (exact) mass is 1200 g/mol. The molecule has 0 saturated carbocycles. The van der Waals surface area contributed by atoms with Gasteiger partial charge in [0, 0.05) is 55.7 Å².